The third-order valence-corrected chi connectivity index (χ3v) is 3.02. The Bertz CT molecular complexity index is 416. The minimum absolute atomic E-state index is 0.478. The molecule has 0 aliphatic heterocycles. The fourth-order valence-corrected chi connectivity index (χ4v) is 1.77. The molecule has 0 saturated carbocycles. The Morgan fingerprint density at radius 3 is 2.61 bits per heavy atom. The maximum Gasteiger partial charge on any atom is 0.323 e. The van der Waals surface area contributed by atoms with Crippen LogP contribution in [0.25, 0.3) is 0 Å². The molecule has 6 heteroatoms. The van der Waals surface area contributed by atoms with Gasteiger partial charge >= 0.3 is 5.97 Å². The molecule has 0 amide bonds. The van der Waals surface area contributed by atoms with Gasteiger partial charge in [-0.05, 0) is 40.2 Å². The molecule has 0 aromatic carbocycles. The highest BCUT2D eigenvalue weighted by Gasteiger charge is 2.32. The van der Waals surface area contributed by atoms with Crippen molar-refractivity contribution in [3.8, 4) is 0 Å². The highest BCUT2D eigenvalue weighted by Crippen LogP contribution is 2.12. The SMILES string of the molecule is CCCNC(C)(CCn1nc(C)nc1C)C(=O)O. The fourth-order valence-electron chi connectivity index (χ4n) is 1.77. The summed E-state index contributed by atoms with van der Waals surface area (Å²) < 4.78 is 1.75. The van der Waals surface area contributed by atoms with Gasteiger partial charge < -0.3 is 10.4 Å². The molecule has 0 aliphatic carbocycles. The lowest BCUT2D eigenvalue weighted by Gasteiger charge is -2.26. The predicted octanol–water partition coefficient (Wildman–Crippen LogP) is 1.13. The number of aryl methyl sites for hydroxylation is 3. The Balaban J connectivity index is 2.68. The zero-order valence-corrected chi connectivity index (χ0v) is 11.5. The van der Waals surface area contributed by atoms with Crippen LogP contribution in [0.15, 0.2) is 0 Å². The van der Waals surface area contributed by atoms with E-state index >= 15 is 0 Å². The minimum atomic E-state index is -0.914. The Hall–Kier alpha value is -1.43. The van der Waals surface area contributed by atoms with Crippen LogP contribution in [-0.2, 0) is 11.3 Å². The van der Waals surface area contributed by atoms with E-state index in [1.54, 1.807) is 11.6 Å². The van der Waals surface area contributed by atoms with Gasteiger partial charge in [-0.15, -0.1) is 0 Å². The van der Waals surface area contributed by atoms with Crippen molar-refractivity contribution in [3.63, 3.8) is 0 Å². The lowest BCUT2D eigenvalue weighted by Crippen LogP contribution is -2.50. The summed E-state index contributed by atoms with van der Waals surface area (Å²) in [5.41, 5.74) is -0.914. The molecule has 0 radical (unpaired) electrons. The van der Waals surface area contributed by atoms with E-state index in [0.717, 1.165) is 12.2 Å². The predicted molar refractivity (Wildman–Crippen MR) is 68.4 cm³/mol. The molecule has 1 aromatic rings. The first kappa shape index (κ1) is 14.6. The van der Waals surface area contributed by atoms with Gasteiger partial charge in [0.05, 0.1) is 0 Å². The summed E-state index contributed by atoms with van der Waals surface area (Å²) >= 11 is 0. The molecule has 0 fully saturated rings. The van der Waals surface area contributed by atoms with E-state index in [4.69, 9.17) is 0 Å². The number of carbonyl (C=O) groups is 1. The maximum atomic E-state index is 11.3. The van der Waals surface area contributed by atoms with Gasteiger partial charge in [0.2, 0.25) is 0 Å². The van der Waals surface area contributed by atoms with Crippen LogP contribution in [0.2, 0.25) is 0 Å². The summed E-state index contributed by atoms with van der Waals surface area (Å²) in [7, 11) is 0. The van der Waals surface area contributed by atoms with E-state index < -0.39 is 11.5 Å². The first-order valence-corrected chi connectivity index (χ1v) is 6.25. The Labute approximate surface area is 107 Å². The van der Waals surface area contributed by atoms with Gasteiger partial charge in [0.15, 0.2) is 0 Å². The number of hydrogen-bond donors (Lipinski definition) is 2. The largest absolute Gasteiger partial charge is 0.480 e. The van der Waals surface area contributed by atoms with Gasteiger partial charge in [-0.2, -0.15) is 5.10 Å². The second kappa shape index (κ2) is 5.95. The van der Waals surface area contributed by atoms with Crippen molar-refractivity contribution in [1.29, 1.82) is 0 Å². The molecule has 0 aliphatic rings. The molecule has 102 valence electrons. The summed E-state index contributed by atoms with van der Waals surface area (Å²) in [6, 6.07) is 0. The van der Waals surface area contributed by atoms with Gasteiger partial charge in [0.1, 0.15) is 17.2 Å². The molecule has 1 unspecified atom stereocenters. The lowest BCUT2D eigenvalue weighted by atomic mass is 9.98. The van der Waals surface area contributed by atoms with Crippen LogP contribution in [-0.4, -0.2) is 37.9 Å². The van der Waals surface area contributed by atoms with Crippen molar-refractivity contribution in [3.05, 3.63) is 11.6 Å². The van der Waals surface area contributed by atoms with Gasteiger partial charge in [-0.25, -0.2) is 4.98 Å². The topological polar surface area (TPSA) is 80.0 Å². The van der Waals surface area contributed by atoms with Crippen molar-refractivity contribution >= 4 is 5.97 Å². The second-order valence-electron chi connectivity index (χ2n) is 4.74. The number of hydrogen-bond acceptors (Lipinski definition) is 4. The monoisotopic (exact) mass is 254 g/mol. The second-order valence-corrected chi connectivity index (χ2v) is 4.74. The van der Waals surface area contributed by atoms with Crippen LogP contribution in [0.5, 0.6) is 0 Å². The summed E-state index contributed by atoms with van der Waals surface area (Å²) in [5, 5.41) is 16.6. The van der Waals surface area contributed by atoms with Crippen LogP contribution in [0.1, 0.15) is 38.3 Å². The molecular weight excluding hydrogens is 232 g/mol. The average molecular weight is 254 g/mol. The van der Waals surface area contributed by atoms with Crippen molar-refractivity contribution in [2.24, 2.45) is 0 Å². The van der Waals surface area contributed by atoms with Crippen molar-refractivity contribution in [2.45, 2.75) is 52.6 Å². The fraction of sp³-hybridized carbons (Fsp3) is 0.750. The number of rotatable bonds is 7. The van der Waals surface area contributed by atoms with Crippen LogP contribution in [0.4, 0.5) is 0 Å². The highest BCUT2D eigenvalue weighted by atomic mass is 16.4. The first-order valence-electron chi connectivity index (χ1n) is 6.25. The number of nitrogens with zero attached hydrogens (tertiary/aromatic N) is 3. The van der Waals surface area contributed by atoms with Crippen molar-refractivity contribution in [1.82, 2.24) is 20.1 Å². The van der Waals surface area contributed by atoms with E-state index in [1.807, 2.05) is 20.8 Å². The number of carboxylic acids is 1. The molecule has 1 heterocycles. The third-order valence-electron chi connectivity index (χ3n) is 3.02. The summed E-state index contributed by atoms with van der Waals surface area (Å²) in [4.78, 5) is 15.5. The molecule has 6 nitrogen and oxygen atoms in total. The number of nitrogens with one attached hydrogen (secondary N) is 1. The van der Waals surface area contributed by atoms with Crippen LogP contribution in [0.3, 0.4) is 0 Å². The molecule has 1 rings (SSSR count). The normalized spacial score (nSPS) is 14.4. The van der Waals surface area contributed by atoms with Crippen molar-refractivity contribution < 1.29 is 9.90 Å². The summed E-state index contributed by atoms with van der Waals surface area (Å²) in [6.07, 6.45) is 1.39. The van der Waals surface area contributed by atoms with Gasteiger partial charge in [-0.3, -0.25) is 9.48 Å². The summed E-state index contributed by atoms with van der Waals surface area (Å²) in [6.45, 7) is 8.67. The quantitative estimate of drug-likeness (QED) is 0.762. The van der Waals surface area contributed by atoms with E-state index in [2.05, 4.69) is 15.4 Å². The molecule has 0 saturated heterocycles. The lowest BCUT2D eigenvalue weighted by molar-refractivity contribution is -0.144. The highest BCUT2D eigenvalue weighted by molar-refractivity contribution is 5.78. The molecule has 0 spiro atoms. The van der Waals surface area contributed by atoms with E-state index in [1.165, 1.54) is 0 Å². The van der Waals surface area contributed by atoms with Gasteiger partial charge in [0.25, 0.3) is 0 Å². The third kappa shape index (κ3) is 3.53. The van der Waals surface area contributed by atoms with E-state index in [9.17, 15) is 9.90 Å². The van der Waals surface area contributed by atoms with Gasteiger partial charge in [0, 0.05) is 6.54 Å². The zero-order valence-electron chi connectivity index (χ0n) is 11.5. The number of aliphatic carboxylic acids is 1. The van der Waals surface area contributed by atoms with Crippen LogP contribution in [0, 0.1) is 13.8 Å². The Morgan fingerprint density at radius 1 is 1.50 bits per heavy atom. The van der Waals surface area contributed by atoms with Crippen molar-refractivity contribution in [2.75, 3.05) is 6.54 Å². The summed E-state index contributed by atoms with van der Waals surface area (Å²) in [5.74, 6) is 0.701. The van der Waals surface area contributed by atoms with E-state index in [0.29, 0.717) is 25.3 Å². The smallest absolute Gasteiger partial charge is 0.323 e. The molecule has 18 heavy (non-hydrogen) atoms. The molecule has 0 bridgehead atoms. The Kier molecular flexibility index (Phi) is 4.84. The standard InChI is InChI=1S/C12H22N4O2/c1-5-7-13-12(4,11(17)18)6-8-16-10(3)14-9(2)15-16/h13H,5-8H2,1-4H3,(H,17,18). The molecule has 1 atom stereocenters. The Morgan fingerprint density at radius 2 is 2.17 bits per heavy atom. The minimum Gasteiger partial charge on any atom is -0.480 e. The zero-order chi connectivity index (χ0) is 13.8. The first-order chi connectivity index (χ1) is 8.39. The van der Waals surface area contributed by atoms with Crippen LogP contribution < -0.4 is 5.32 Å². The number of aromatic nitrogens is 3. The molecular formula is C12H22N4O2. The molecule has 1 aromatic heterocycles. The van der Waals surface area contributed by atoms with Crippen LogP contribution >= 0.6 is 0 Å². The molecule has 2 N–H and O–H groups in total. The number of carboxylic acid groups (broad SMARTS) is 1. The van der Waals surface area contributed by atoms with E-state index in [-0.39, 0.29) is 0 Å². The maximum absolute atomic E-state index is 11.3. The average Bonchev–Trinajstić information content (AvgIpc) is 2.62. The van der Waals surface area contributed by atoms with Gasteiger partial charge in [-0.1, -0.05) is 6.92 Å².